The molecule has 2 aliphatic heterocycles. The zero-order chi connectivity index (χ0) is 19.8. The second-order valence-electron chi connectivity index (χ2n) is 8.14. The zero-order valence-electron chi connectivity index (χ0n) is 16.3. The molecular weight excluding hydrogens is 372 g/mol. The summed E-state index contributed by atoms with van der Waals surface area (Å²) in [6, 6.07) is -0.787. The van der Waals surface area contributed by atoms with Crippen molar-refractivity contribution in [2.24, 2.45) is 5.92 Å². The van der Waals surface area contributed by atoms with Crippen LogP contribution in [0.15, 0.2) is 11.6 Å². The minimum atomic E-state index is -0.554. The maximum atomic E-state index is 12.1. The molecule has 2 N–H and O–H groups in total. The number of ether oxygens (including phenoxy) is 3. The molecule has 0 aromatic heterocycles. The summed E-state index contributed by atoms with van der Waals surface area (Å²) in [6.07, 6.45) is 4.42. The van der Waals surface area contributed by atoms with Crippen LogP contribution >= 0.6 is 11.6 Å². The largest absolute Gasteiger partial charge is 0.379 e. The monoisotopic (exact) mass is 400 g/mol. The fourth-order valence-electron chi connectivity index (χ4n) is 4.51. The second kappa shape index (κ2) is 7.70. The molecule has 1 aliphatic carbocycles. The number of epoxide rings is 2. The van der Waals surface area contributed by atoms with E-state index in [1.807, 2.05) is 0 Å². The van der Waals surface area contributed by atoms with Crippen molar-refractivity contribution in [3.05, 3.63) is 11.6 Å². The number of imide groups is 1. The van der Waals surface area contributed by atoms with Gasteiger partial charge in [0.15, 0.2) is 0 Å². The maximum absolute atomic E-state index is 12.1. The highest BCUT2D eigenvalue weighted by Gasteiger charge is 2.71. The van der Waals surface area contributed by atoms with Gasteiger partial charge >= 0.3 is 6.03 Å². The van der Waals surface area contributed by atoms with E-state index in [-0.39, 0.29) is 41.2 Å². The number of hydrogen-bond donors (Lipinski definition) is 2. The van der Waals surface area contributed by atoms with Crippen LogP contribution in [0.1, 0.15) is 40.0 Å². The first-order chi connectivity index (χ1) is 12.8. The van der Waals surface area contributed by atoms with Gasteiger partial charge in [-0.1, -0.05) is 11.6 Å². The van der Waals surface area contributed by atoms with E-state index in [1.54, 1.807) is 7.11 Å². The minimum Gasteiger partial charge on any atom is -0.379 e. The van der Waals surface area contributed by atoms with Crippen LogP contribution in [-0.2, 0) is 19.0 Å². The normalized spacial score (nSPS) is 39.6. The Hall–Kier alpha value is -1.15. The van der Waals surface area contributed by atoms with E-state index >= 15 is 0 Å². The number of rotatable bonds is 6. The molecule has 0 radical (unpaired) electrons. The van der Waals surface area contributed by atoms with Gasteiger partial charge in [0.05, 0.1) is 30.5 Å². The Morgan fingerprint density at radius 2 is 2.07 bits per heavy atom. The number of carbonyl (C=O) groups excluding carboxylic acids is 2. The maximum Gasteiger partial charge on any atom is 0.321 e. The highest BCUT2D eigenvalue weighted by molar-refractivity contribution is 6.28. The Labute approximate surface area is 165 Å². The number of carbonyl (C=O) groups is 2. The van der Waals surface area contributed by atoms with Crippen molar-refractivity contribution in [3.8, 4) is 0 Å². The molecule has 3 fully saturated rings. The predicted octanol–water partition coefficient (Wildman–Crippen LogP) is 2.13. The number of alkyl halides is 1. The van der Waals surface area contributed by atoms with E-state index in [2.05, 4.69) is 37.5 Å². The Bertz CT molecular complexity index is 632. The fourth-order valence-corrected chi connectivity index (χ4v) is 4.57. The molecule has 1 saturated carbocycles. The molecule has 7 nitrogen and oxygen atoms in total. The van der Waals surface area contributed by atoms with E-state index in [9.17, 15) is 9.59 Å². The van der Waals surface area contributed by atoms with E-state index in [0.717, 1.165) is 12.8 Å². The molecule has 27 heavy (non-hydrogen) atoms. The van der Waals surface area contributed by atoms with Gasteiger partial charge < -0.3 is 19.5 Å². The number of methoxy groups -OCH3 is 1. The van der Waals surface area contributed by atoms with Gasteiger partial charge in [-0.2, -0.15) is 0 Å². The average Bonchev–Trinajstić information content (AvgIpc) is 3.52. The van der Waals surface area contributed by atoms with Crippen molar-refractivity contribution in [1.82, 2.24) is 10.6 Å². The molecule has 1 spiro atoms. The molecule has 2 heterocycles. The molecule has 2 saturated heterocycles. The van der Waals surface area contributed by atoms with Gasteiger partial charge in [-0.05, 0) is 40.0 Å². The first kappa shape index (κ1) is 20.6. The van der Waals surface area contributed by atoms with Crippen molar-refractivity contribution < 1.29 is 23.8 Å². The summed E-state index contributed by atoms with van der Waals surface area (Å²) in [7, 11) is 1.65. The predicted molar refractivity (Wildman–Crippen MR) is 101 cm³/mol. The first-order valence-corrected chi connectivity index (χ1v) is 9.93. The van der Waals surface area contributed by atoms with Gasteiger partial charge in [0.25, 0.3) is 0 Å². The van der Waals surface area contributed by atoms with Crippen LogP contribution in [0, 0.1) is 5.92 Å². The van der Waals surface area contributed by atoms with Crippen molar-refractivity contribution in [2.75, 3.05) is 19.6 Å². The summed E-state index contributed by atoms with van der Waals surface area (Å²) in [4.78, 5) is 23.5. The molecule has 3 aliphatic rings. The van der Waals surface area contributed by atoms with Crippen molar-refractivity contribution in [1.29, 1.82) is 0 Å². The van der Waals surface area contributed by atoms with Crippen LogP contribution in [0.3, 0.4) is 0 Å². The molecule has 3 amide bonds. The van der Waals surface area contributed by atoms with Crippen LogP contribution in [0.2, 0.25) is 0 Å². The molecular formula is C19H29ClN2O5. The second-order valence-corrected chi connectivity index (χ2v) is 8.41. The summed E-state index contributed by atoms with van der Waals surface area (Å²) in [5, 5.41) is 5.09. The van der Waals surface area contributed by atoms with Crippen molar-refractivity contribution in [2.45, 2.75) is 69.5 Å². The summed E-state index contributed by atoms with van der Waals surface area (Å²) in [6.45, 7) is 6.94. The lowest BCUT2D eigenvalue weighted by Gasteiger charge is -2.43. The molecule has 152 valence electrons. The average molecular weight is 401 g/mol. The van der Waals surface area contributed by atoms with E-state index in [4.69, 9.17) is 25.8 Å². The highest BCUT2D eigenvalue weighted by Crippen LogP contribution is 2.59. The highest BCUT2D eigenvalue weighted by atomic mass is 35.5. The Morgan fingerprint density at radius 1 is 1.37 bits per heavy atom. The molecule has 0 aromatic rings. The van der Waals surface area contributed by atoms with E-state index < -0.39 is 11.9 Å². The van der Waals surface area contributed by atoms with Gasteiger partial charge in [0, 0.05) is 13.0 Å². The summed E-state index contributed by atoms with van der Waals surface area (Å²) >= 11 is 5.45. The van der Waals surface area contributed by atoms with Gasteiger partial charge in [-0.3, -0.25) is 10.1 Å². The van der Waals surface area contributed by atoms with Crippen LogP contribution in [0.4, 0.5) is 4.79 Å². The fraction of sp³-hybridized carbons (Fsp3) is 0.789. The Morgan fingerprint density at radius 3 is 2.63 bits per heavy atom. The van der Waals surface area contributed by atoms with Crippen LogP contribution in [0.25, 0.3) is 0 Å². The third kappa shape index (κ3) is 4.16. The molecule has 0 unspecified atom stereocenters. The zero-order valence-corrected chi connectivity index (χ0v) is 17.1. The quantitative estimate of drug-likeness (QED) is 0.405. The lowest BCUT2D eigenvalue weighted by Crippen LogP contribution is -2.60. The third-order valence-corrected chi connectivity index (χ3v) is 6.23. The van der Waals surface area contributed by atoms with E-state index in [1.165, 1.54) is 5.57 Å². The number of hydrogen-bond acceptors (Lipinski definition) is 5. The molecule has 0 aromatic carbocycles. The first-order valence-electron chi connectivity index (χ1n) is 9.40. The SMILES string of the molecule is CO[C@@H]1[C@H](NC(=O)NC(=O)CCl)CC[C@]2(CO2)[C@H]1[C@]1(C)O[C@H]1CC=C(C)C. The Balaban J connectivity index is 1.73. The Kier molecular flexibility index (Phi) is 5.87. The number of nitrogens with one attached hydrogen (secondary N) is 2. The van der Waals surface area contributed by atoms with Crippen molar-refractivity contribution >= 4 is 23.5 Å². The standard InChI is InChI=1S/C19H29ClN2O5/c1-11(2)5-6-13-18(3,27-13)16-15(25-4)12(7-8-19(16)10-26-19)21-17(24)22-14(23)9-20/h5,12-13,15-16H,6-10H2,1-4H3,(H2,21,22,23,24)/t12-,13+,15-,16-,18-,19+/m1/s1. The van der Waals surface area contributed by atoms with Gasteiger partial charge in [-0.25, -0.2) is 4.79 Å². The molecule has 0 bridgehead atoms. The van der Waals surface area contributed by atoms with E-state index in [0.29, 0.717) is 13.0 Å². The van der Waals surface area contributed by atoms with Crippen LogP contribution in [-0.4, -0.2) is 61.0 Å². The van der Waals surface area contributed by atoms with Gasteiger partial charge in [-0.15, -0.1) is 11.6 Å². The number of urea groups is 1. The third-order valence-electron chi connectivity index (χ3n) is 5.98. The number of halogens is 1. The van der Waals surface area contributed by atoms with Crippen LogP contribution < -0.4 is 10.6 Å². The smallest absolute Gasteiger partial charge is 0.321 e. The van der Waals surface area contributed by atoms with Crippen molar-refractivity contribution in [3.63, 3.8) is 0 Å². The van der Waals surface area contributed by atoms with Gasteiger partial charge in [0.1, 0.15) is 11.5 Å². The molecule has 3 rings (SSSR count). The number of amides is 3. The molecule has 8 heteroatoms. The summed E-state index contributed by atoms with van der Waals surface area (Å²) in [5.74, 6) is -0.784. The lowest BCUT2D eigenvalue weighted by molar-refractivity contribution is -0.117. The van der Waals surface area contributed by atoms with Gasteiger partial charge in [0.2, 0.25) is 5.91 Å². The molecule has 6 atom stereocenters. The number of allylic oxidation sites excluding steroid dienone is 1. The lowest BCUT2D eigenvalue weighted by atomic mass is 9.67. The van der Waals surface area contributed by atoms with Crippen LogP contribution in [0.5, 0.6) is 0 Å². The summed E-state index contributed by atoms with van der Waals surface area (Å²) in [5.41, 5.74) is 0.666. The minimum absolute atomic E-state index is 0.00772. The topological polar surface area (TPSA) is 92.5 Å². The summed E-state index contributed by atoms with van der Waals surface area (Å²) < 4.78 is 17.9.